The van der Waals surface area contributed by atoms with Crippen LogP contribution in [0.3, 0.4) is 0 Å². The van der Waals surface area contributed by atoms with Gasteiger partial charge in [-0.15, -0.1) is 0 Å². The Bertz CT molecular complexity index is 270. The fraction of sp³-hybridized carbons (Fsp3) is 0.636. The number of rotatable bonds is 4. The first-order valence-electron chi connectivity index (χ1n) is 5.51. The molecule has 0 aliphatic carbocycles. The van der Waals surface area contributed by atoms with Gasteiger partial charge in [0.25, 0.3) is 0 Å². The lowest BCUT2D eigenvalue weighted by atomic mass is 10.2. The second-order valence-corrected chi connectivity index (χ2v) is 3.79. The molecule has 16 heavy (non-hydrogen) atoms. The highest BCUT2D eigenvalue weighted by Gasteiger charge is 2.19. The minimum Gasteiger partial charge on any atom is -0.359 e. The van der Waals surface area contributed by atoms with Gasteiger partial charge in [0.2, 0.25) is 11.8 Å². The number of hydrogen-bond donors (Lipinski definition) is 1. The van der Waals surface area contributed by atoms with Gasteiger partial charge in [0, 0.05) is 46.2 Å². The van der Waals surface area contributed by atoms with Crippen molar-refractivity contribution in [1.29, 1.82) is 0 Å². The molecule has 2 amide bonds. The van der Waals surface area contributed by atoms with Crippen molar-refractivity contribution < 1.29 is 9.59 Å². The molecule has 0 atom stereocenters. The van der Waals surface area contributed by atoms with Crippen molar-refractivity contribution in [3.05, 3.63) is 12.7 Å². The molecule has 1 rings (SSSR count). The van der Waals surface area contributed by atoms with Crippen molar-refractivity contribution in [1.82, 2.24) is 15.1 Å². The monoisotopic (exact) mass is 225 g/mol. The number of carbonyl (C=O) groups is 2. The van der Waals surface area contributed by atoms with Crippen molar-refractivity contribution in [2.24, 2.45) is 0 Å². The maximum absolute atomic E-state index is 11.3. The van der Waals surface area contributed by atoms with Gasteiger partial charge in [-0.1, -0.05) is 6.58 Å². The third kappa shape index (κ3) is 3.66. The summed E-state index contributed by atoms with van der Waals surface area (Å²) in [5, 5.41) is 2.60. The first-order valence-corrected chi connectivity index (χ1v) is 5.51. The highest BCUT2D eigenvalue weighted by atomic mass is 16.2. The van der Waals surface area contributed by atoms with Crippen molar-refractivity contribution in [3.8, 4) is 0 Å². The lowest BCUT2D eigenvalue weighted by Gasteiger charge is -2.34. The molecule has 0 aromatic carbocycles. The Morgan fingerprint density at radius 1 is 1.31 bits per heavy atom. The highest BCUT2D eigenvalue weighted by Crippen LogP contribution is 2.03. The van der Waals surface area contributed by atoms with Crippen molar-refractivity contribution in [2.75, 3.05) is 39.8 Å². The van der Waals surface area contributed by atoms with Crippen molar-refractivity contribution in [2.45, 2.75) is 6.42 Å². The van der Waals surface area contributed by atoms with Gasteiger partial charge in [0.1, 0.15) is 0 Å². The molecule has 1 heterocycles. The average Bonchev–Trinajstić information content (AvgIpc) is 2.35. The summed E-state index contributed by atoms with van der Waals surface area (Å²) in [6.07, 6.45) is 1.87. The molecule has 1 aliphatic rings. The van der Waals surface area contributed by atoms with E-state index in [-0.39, 0.29) is 11.8 Å². The molecule has 0 unspecified atom stereocenters. The van der Waals surface area contributed by atoms with E-state index in [1.807, 2.05) is 0 Å². The highest BCUT2D eigenvalue weighted by molar-refractivity contribution is 5.87. The predicted octanol–water partition coefficient (Wildman–Crippen LogP) is -0.547. The molecule has 1 aliphatic heterocycles. The Labute approximate surface area is 96.1 Å². The zero-order valence-corrected chi connectivity index (χ0v) is 9.74. The van der Waals surface area contributed by atoms with Crippen LogP contribution in [0.15, 0.2) is 12.7 Å². The van der Waals surface area contributed by atoms with E-state index in [4.69, 9.17) is 0 Å². The maximum Gasteiger partial charge on any atom is 0.246 e. The fourth-order valence-corrected chi connectivity index (χ4v) is 1.71. The van der Waals surface area contributed by atoms with Gasteiger partial charge in [-0.3, -0.25) is 14.5 Å². The molecular weight excluding hydrogens is 206 g/mol. The van der Waals surface area contributed by atoms with Gasteiger partial charge in [0.05, 0.1) is 0 Å². The molecule has 1 N–H and O–H groups in total. The quantitative estimate of drug-likeness (QED) is 0.653. The summed E-state index contributed by atoms with van der Waals surface area (Å²) in [6, 6.07) is 0. The molecule has 5 nitrogen and oxygen atoms in total. The minimum atomic E-state index is -0.00838. The summed E-state index contributed by atoms with van der Waals surface area (Å²) in [4.78, 5) is 26.3. The molecule has 0 saturated carbocycles. The molecule has 90 valence electrons. The molecule has 0 aromatic heterocycles. The summed E-state index contributed by atoms with van der Waals surface area (Å²) < 4.78 is 0. The minimum absolute atomic E-state index is 0.00838. The van der Waals surface area contributed by atoms with E-state index >= 15 is 0 Å². The van der Waals surface area contributed by atoms with Crippen LogP contribution in [-0.2, 0) is 9.59 Å². The second kappa shape index (κ2) is 6.27. The third-order valence-corrected chi connectivity index (χ3v) is 2.79. The summed E-state index contributed by atoms with van der Waals surface area (Å²) in [5.74, 6) is 0.0514. The number of hydrogen-bond acceptors (Lipinski definition) is 3. The lowest BCUT2D eigenvalue weighted by molar-refractivity contribution is -0.128. The van der Waals surface area contributed by atoms with Gasteiger partial charge in [-0.25, -0.2) is 0 Å². The van der Waals surface area contributed by atoms with E-state index < -0.39 is 0 Å². The van der Waals surface area contributed by atoms with E-state index in [2.05, 4.69) is 16.8 Å². The van der Waals surface area contributed by atoms with Crippen LogP contribution in [0.5, 0.6) is 0 Å². The summed E-state index contributed by atoms with van der Waals surface area (Å²) in [6.45, 7) is 7.33. The SMILES string of the molecule is C=CC(=O)N1CCN(CCC(=O)NC)CC1. The Hall–Kier alpha value is -1.36. The zero-order valence-electron chi connectivity index (χ0n) is 9.74. The van der Waals surface area contributed by atoms with E-state index in [0.29, 0.717) is 6.42 Å². The van der Waals surface area contributed by atoms with Crippen LogP contribution < -0.4 is 5.32 Å². The number of amides is 2. The topological polar surface area (TPSA) is 52.7 Å². The molecule has 5 heteroatoms. The molecule has 1 saturated heterocycles. The van der Waals surface area contributed by atoms with E-state index in [9.17, 15) is 9.59 Å². The van der Waals surface area contributed by atoms with Crippen molar-refractivity contribution in [3.63, 3.8) is 0 Å². The zero-order chi connectivity index (χ0) is 12.0. The summed E-state index contributed by atoms with van der Waals surface area (Å²) in [7, 11) is 1.64. The summed E-state index contributed by atoms with van der Waals surface area (Å²) in [5.41, 5.74) is 0. The van der Waals surface area contributed by atoms with Gasteiger partial charge in [-0.05, 0) is 6.08 Å². The van der Waals surface area contributed by atoms with Crippen LogP contribution >= 0.6 is 0 Å². The predicted molar refractivity (Wildman–Crippen MR) is 61.9 cm³/mol. The molecule has 0 radical (unpaired) electrons. The van der Waals surface area contributed by atoms with E-state index in [1.165, 1.54) is 6.08 Å². The number of nitrogens with zero attached hydrogens (tertiary/aromatic N) is 2. The molecular formula is C11H19N3O2. The van der Waals surface area contributed by atoms with Gasteiger partial charge in [0.15, 0.2) is 0 Å². The standard InChI is InChI=1S/C11H19N3O2/c1-3-11(16)14-8-6-13(7-9-14)5-4-10(15)12-2/h3H,1,4-9H2,2H3,(H,12,15). The fourth-order valence-electron chi connectivity index (χ4n) is 1.71. The number of carbonyl (C=O) groups excluding carboxylic acids is 2. The Morgan fingerprint density at radius 3 is 2.44 bits per heavy atom. The van der Waals surface area contributed by atoms with Gasteiger partial charge < -0.3 is 10.2 Å². The smallest absolute Gasteiger partial charge is 0.246 e. The molecule has 0 aromatic rings. The maximum atomic E-state index is 11.3. The average molecular weight is 225 g/mol. The van der Waals surface area contributed by atoms with Crippen LogP contribution in [0.25, 0.3) is 0 Å². The number of piperazine rings is 1. The van der Waals surface area contributed by atoms with Crippen LogP contribution in [0.4, 0.5) is 0 Å². The lowest BCUT2D eigenvalue weighted by Crippen LogP contribution is -2.48. The van der Waals surface area contributed by atoms with Crippen LogP contribution in [0, 0.1) is 0 Å². The van der Waals surface area contributed by atoms with Crippen LogP contribution in [0.2, 0.25) is 0 Å². The normalized spacial score (nSPS) is 16.9. The van der Waals surface area contributed by atoms with Gasteiger partial charge >= 0.3 is 0 Å². The number of nitrogens with one attached hydrogen (secondary N) is 1. The molecule has 1 fully saturated rings. The van der Waals surface area contributed by atoms with E-state index in [1.54, 1.807) is 11.9 Å². The van der Waals surface area contributed by atoms with Crippen LogP contribution in [0.1, 0.15) is 6.42 Å². The Kier molecular flexibility index (Phi) is 4.98. The first kappa shape index (κ1) is 12.7. The Balaban J connectivity index is 2.24. The largest absolute Gasteiger partial charge is 0.359 e. The van der Waals surface area contributed by atoms with E-state index in [0.717, 1.165) is 32.7 Å². The molecule has 0 bridgehead atoms. The summed E-state index contributed by atoms with van der Waals surface area (Å²) >= 11 is 0. The second-order valence-electron chi connectivity index (χ2n) is 3.79. The van der Waals surface area contributed by atoms with Crippen LogP contribution in [-0.4, -0.2) is 61.4 Å². The van der Waals surface area contributed by atoms with Gasteiger partial charge in [-0.2, -0.15) is 0 Å². The third-order valence-electron chi connectivity index (χ3n) is 2.79. The Morgan fingerprint density at radius 2 is 1.94 bits per heavy atom. The van der Waals surface area contributed by atoms with Crippen molar-refractivity contribution >= 4 is 11.8 Å². The molecule has 0 spiro atoms. The first-order chi connectivity index (χ1) is 7.67.